The number of ether oxygens (including phenoxy) is 1. The molecular formula is C30H29F2NO2S. The molecule has 0 aliphatic carbocycles. The zero-order valence-corrected chi connectivity index (χ0v) is 21.5. The summed E-state index contributed by atoms with van der Waals surface area (Å²) in [5.41, 5.74) is 5.01. The molecule has 0 atom stereocenters. The highest BCUT2D eigenvalue weighted by atomic mass is 32.1. The molecule has 0 spiro atoms. The first-order chi connectivity index (χ1) is 17.3. The summed E-state index contributed by atoms with van der Waals surface area (Å²) in [5.74, 6) is 0.738. The monoisotopic (exact) mass is 505 g/mol. The number of carbonyl (C=O) groups is 1. The number of rotatable bonds is 8. The van der Waals surface area contributed by atoms with E-state index in [1.807, 2.05) is 75.4 Å². The summed E-state index contributed by atoms with van der Waals surface area (Å²) in [4.78, 5) is 16.3. The molecule has 0 unspecified atom stereocenters. The number of nitrogens with zero attached hydrogens (tertiary/aromatic N) is 1. The van der Waals surface area contributed by atoms with Gasteiger partial charge in [-0.1, -0.05) is 42.0 Å². The van der Waals surface area contributed by atoms with Gasteiger partial charge in [0.25, 0.3) is 0 Å². The van der Waals surface area contributed by atoms with E-state index < -0.39 is 12.3 Å². The first kappa shape index (κ1) is 24.6. The average Bonchev–Trinajstić information content (AvgIpc) is 3.15. The number of likely N-dealkylation sites (tertiary alicyclic amines) is 1. The zero-order chi connectivity index (χ0) is 25.4. The molecule has 0 bridgehead atoms. The Kier molecular flexibility index (Phi) is 6.91. The van der Waals surface area contributed by atoms with Gasteiger partial charge in [-0.2, -0.15) is 0 Å². The molecule has 0 amide bonds. The van der Waals surface area contributed by atoms with Gasteiger partial charge in [0, 0.05) is 41.2 Å². The third-order valence-electron chi connectivity index (χ3n) is 6.83. The molecule has 1 aliphatic heterocycles. The number of carbonyl (C=O) groups excluding carboxylic acids is 1. The van der Waals surface area contributed by atoms with Crippen LogP contribution in [-0.2, 0) is 6.42 Å². The zero-order valence-electron chi connectivity index (χ0n) is 20.7. The van der Waals surface area contributed by atoms with Crippen LogP contribution in [0.2, 0.25) is 0 Å². The van der Waals surface area contributed by atoms with Gasteiger partial charge in [-0.15, -0.1) is 11.3 Å². The van der Waals surface area contributed by atoms with Crippen molar-refractivity contribution >= 4 is 27.2 Å². The number of halogens is 2. The van der Waals surface area contributed by atoms with E-state index >= 15 is 0 Å². The number of hydrogen-bond acceptors (Lipinski definition) is 4. The van der Waals surface area contributed by atoms with Crippen molar-refractivity contribution in [2.24, 2.45) is 5.92 Å². The van der Waals surface area contributed by atoms with Gasteiger partial charge in [0.05, 0.1) is 0 Å². The Hall–Kier alpha value is -3.09. The summed E-state index contributed by atoms with van der Waals surface area (Å²) in [6.07, 6.45) is -1.42. The van der Waals surface area contributed by atoms with E-state index in [0.717, 1.165) is 45.3 Å². The van der Waals surface area contributed by atoms with Gasteiger partial charge >= 0.3 is 0 Å². The Morgan fingerprint density at radius 3 is 2.39 bits per heavy atom. The molecule has 0 radical (unpaired) electrons. The number of alkyl halides is 2. The van der Waals surface area contributed by atoms with Crippen molar-refractivity contribution in [3.63, 3.8) is 0 Å². The van der Waals surface area contributed by atoms with E-state index in [-0.39, 0.29) is 5.78 Å². The molecule has 2 heterocycles. The molecule has 0 saturated carbocycles. The second-order valence-corrected chi connectivity index (χ2v) is 10.8. The normalized spacial score (nSPS) is 14.4. The van der Waals surface area contributed by atoms with Crippen molar-refractivity contribution in [3.05, 3.63) is 93.4 Å². The Morgan fingerprint density at radius 2 is 1.69 bits per heavy atom. The molecule has 5 rings (SSSR count). The number of fused-ring (bicyclic) bond motifs is 1. The van der Waals surface area contributed by atoms with Gasteiger partial charge < -0.3 is 9.64 Å². The minimum atomic E-state index is -2.22. The van der Waals surface area contributed by atoms with E-state index in [9.17, 15) is 13.6 Å². The number of aryl methyl sites for hydroxylation is 3. The van der Waals surface area contributed by atoms with Crippen LogP contribution >= 0.6 is 11.3 Å². The van der Waals surface area contributed by atoms with Crippen LogP contribution in [0.15, 0.2) is 60.7 Å². The standard InChI is InChI=1S/C30H29F2NO2S/c1-18-4-10-24(20(3)14-18)27(34)29-28(25-11-5-19(2)15-26(25)36-29)35-23-8-6-21(7-9-23)12-13-33-16-22(17-33)30(31)32/h4-11,14-15,22,30H,12-13,16-17H2,1-3H3. The SMILES string of the molecule is Cc1ccc(C(=O)c2sc3cc(C)ccc3c2Oc2ccc(CCN3CC(C(F)F)C3)cc2)c(C)c1. The van der Waals surface area contributed by atoms with Gasteiger partial charge in [-0.25, -0.2) is 8.78 Å². The van der Waals surface area contributed by atoms with Crippen molar-refractivity contribution in [2.45, 2.75) is 33.6 Å². The average molecular weight is 506 g/mol. The van der Waals surface area contributed by atoms with Crippen LogP contribution in [0.1, 0.15) is 37.5 Å². The maximum Gasteiger partial charge on any atom is 0.243 e. The fourth-order valence-corrected chi connectivity index (χ4v) is 5.89. The van der Waals surface area contributed by atoms with Crippen molar-refractivity contribution in [2.75, 3.05) is 19.6 Å². The molecule has 1 fully saturated rings. The lowest BCUT2D eigenvalue weighted by molar-refractivity contribution is -0.0233. The van der Waals surface area contributed by atoms with Crippen molar-refractivity contribution < 1.29 is 18.3 Å². The number of ketones is 1. The topological polar surface area (TPSA) is 29.5 Å². The Labute approximate surface area is 214 Å². The molecule has 36 heavy (non-hydrogen) atoms. The van der Waals surface area contributed by atoms with Crippen LogP contribution in [-0.4, -0.2) is 36.7 Å². The summed E-state index contributed by atoms with van der Waals surface area (Å²) in [5, 5.41) is 0.925. The number of benzene rings is 3. The summed E-state index contributed by atoms with van der Waals surface area (Å²) in [7, 11) is 0. The van der Waals surface area contributed by atoms with E-state index in [2.05, 4.69) is 11.0 Å². The minimum Gasteiger partial charge on any atom is -0.455 e. The second kappa shape index (κ2) is 10.1. The van der Waals surface area contributed by atoms with Crippen molar-refractivity contribution in [1.29, 1.82) is 0 Å². The fraction of sp³-hybridized carbons (Fsp3) is 0.300. The van der Waals surface area contributed by atoms with Crippen LogP contribution in [0.3, 0.4) is 0 Å². The lowest BCUT2D eigenvalue weighted by atomic mass is 10.00. The first-order valence-electron chi connectivity index (χ1n) is 12.2. The van der Waals surface area contributed by atoms with E-state index in [0.29, 0.717) is 35.0 Å². The fourth-order valence-electron chi connectivity index (χ4n) is 4.70. The largest absolute Gasteiger partial charge is 0.455 e. The van der Waals surface area contributed by atoms with Gasteiger partial charge in [0.15, 0.2) is 5.75 Å². The lowest BCUT2D eigenvalue weighted by Crippen LogP contribution is -2.50. The number of hydrogen-bond donors (Lipinski definition) is 0. The molecule has 4 aromatic rings. The molecule has 6 heteroatoms. The predicted octanol–water partition coefficient (Wildman–Crippen LogP) is 7.59. The molecule has 1 saturated heterocycles. The molecule has 186 valence electrons. The van der Waals surface area contributed by atoms with E-state index in [1.165, 1.54) is 11.3 Å². The Balaban J connectivity index is 1.37. The highest BCUT2D eigenvalue weighted by molar-refractivity contribution is 7.21. The lowest BCUT2D eigenvalue weighted by Gasteiger charge is -2.38. The third kappa shape index (κ3) is 5.06. The van der Waals surface area contributed by atoms with Gasteiger partial charge in [0.2, 0.25) is 12.2 Å². The molecule has 1 aliphatic rings. The van der Waals surface area contributed by atoms with Gasteiger partial charge in [-0.3, -0.25) is 4.79 Å². The van der Waals surface area contributed by atoms with Gasteiger partial charge in [0.1, 0.15) is 10.6 Å². The van der Waals surface area contributed by atoms with E-state index in [1.54, 1.807) is 0 Å². The Bertz CT molecular complexity index is 1400. The van der Waals surface area contributed by atoms with Crippen molar-refractivity contribution in [3.8, 4) is 11.5 Å². The first-order valence-corrected chi connectivity index (χ1v) is 13.0. The van der Waals surface area contributed by atoms with Crippen LogP contribution in [0.4, 0.5) is 8.78 Å². The minimum absolute atomic E-state index is 0.0328. The quantitative estimate of drug-likeness (QED) is 0.231. The molecule has 3 aromatic carbocycles. The van der Waals surface area contributed by atoms with Crippen LogP contribution < -0.4 is 4.74 Å². The highest BCUT2D eigenvalue weighted by Gasteiger charge is 2.33. The second-order valence-electron chi connectivity index (χ2n) is 9.76. The molecular weight excluding hydrogens is 476 g/mol. The molecule has 0 N–H and O–H groups in total. The summed E-state index contributed by atoms with van der Waals surface area (Å²) < 4.78 is 32.7. The molecule has 3 nitrogen and oxygen atoms in total. The van der Waals surface area contributed by atoms with Crippen LogP contribution in [0.25, 0.3) is 10.1 Å². The highest BCUT2D eigenvalue weighted by Crippen LogP contribution is 2.42. The summed E-state index contributed by atoms with van der Waals surface area (Å²) in [6, 6.07) is 19.9. The smallest absolute Gasteiger partial charge is 0.243 e. The third-order valence-corrected chi connectivity index (χ3v) is 7.97. The number of thiophene rings is 1. The predicted molar refractivity (Wildman–Crippen MR) is 142 cm³/mol. The summed E-state index contributed by atoms with van der Waals surface area (Å²) >= 11 is 1.47. The van der Waals surface area contributed by atoms with Crippen LogP contribution in [0.5, 0.6) is 11.5 Å². The van der Waals surface area contributed by atoms with Crippen molar-refractivity contribution in [1.82, 2.24) is 4.90 Å². The Morgan fingerprint density at radius 1 is 1.00 bits per heavy atom. The molecule has 1 aromatic heterocycles. The maximum atomic E-state index is 13.6. The van der Waals surface area contributed by atoms with Gasteiger partial charge in [-0.05, 0) is 68.1 Å². The maximum absolute atomic E-state index is 13.6. The van der Waals surface area contributed by atoms with E-state index in [4.69, 9.17) is 4.74 Å². The summed E-state index contributed by atoms with van der Waals surface area (Å²) in [6.45, 7) is 7.74. The van der Waals surface area contributed by atoms with Crippen LogP contribution in [0, 0.1) is 26.7 Å².